The van der Waals surface area contributed by atoms with Crippen LogP contribution in [0.25, 0.3) is 0 Å². The molecule has 0 radical (unpaired) electrons. The van der Waals surface area contributed by atoms with Crippen LogP contribution in [0.5, 0.6) is 0 Å². The van der Waals surface area contributed by atoms with Crippen LogP contribution in [0.1, 0.15) is 37.4 Å². The molecular weight excluding hydrogens is 220 g/mol. The molecule has 1 heterocycles. The van der Waals surface area contributed by atoms with Gasteiger partial charge >= 0.3 is 0 Å². The van der Waals surface area contributed by atoms with Crippen molar-refractivity contribution in [2.75, 3.05) is 13.7 Å². The maximum atomic E-state index is 9.87. The van der Waals surface area contributed by atoms with E-state index in [2.05, 4.69) is 10.1 Å². The average Bonchev–Trinajstić information content (AvgIpc) is 2.77. The van der Waals surface area contributed by atoms with Crippen molar-refractivity contribution in [1.82, 2.24) is 10.1 Å². The normalized spacial score (nSPS) is 25.1. The number of aliphatic hydroxyl groups is 1. The second-order valence-electron chi connectivity index (χ2n) is 4.66. The molecule has 2 atom stereocenters. The molecule has 0 aromatic carbocycles. The van der Waals surface area contributed by atoms with E-state index in [9.17, 15) is 5.11 Å². The predicted molar refractivity (Wildman–Crippen MR) is 61.5 cm³/mol. The molecule has 2 rings (SSSR count). The first-order valence-electron chi connectivity index (χ1n) is 6.28. The zero-order valence-electron chi connectivity index (χ0n) is 10.3. The van der Waals surface area contributed by atoms with Gasteiger partial charge in [-0.2, -0.15) is 4.98 Å². The number of aromatic nitrogens is 2. The van der Waals surface area contributed by atoms with Crippen LogP contribution < -0.4 is 0 Å². The molecule has 1 aliphatic rings. The van der Waals surface area contributed by atoms with E-state index < -0.39 is 0 Å². The Morgan fingerprint density at radius 2 is 2.24 bits per heavy atom. The van der Waals surface area contributed by atoms with Crippen molar-refractivity contribution < 1.29 is 14.4 Å². The summed E-state index contributed by atoms with van der Waals surface area (Å²) < 4.78 is 10.1. The average molecular weight is 240 g/mol. The zero-order valence-corrected chi connectivity index (χ0v) is 10.3. The molecule has 1 saturated carbocycles. The van der Waals surface area contributed by atoms with Gasteiger partial charge in [0.2, 0.25) is 5.89 Å². The van der Waals surface area contributed by atoms with Crippen molar-refractivity contribution in [3.05, 3.63) is 11.7 Å². The van der Waals surface area contributed by atoms with Crippen molar-refractivity contribution in [3.8, 4) is 0 Å². The van der Waals surface area contributed by atoms with Gasteiger partial charge < -0.3 is 14.4 Å². The lowest BCUT2D eigenvalue weighted by Crippen LogP contribution is -2.26. The molecule has 2 unspecified atom stereocenters. The van der Waals surface area contributed by atoms with Gasteiger partial charge in [0.1, 0.15) is 0 Å². The summed E-state index contributed by atoms with van der Waals surface area (Å²) >= 11 is 0. The van der Waals surface area contributed by atoms with E-state index in [1.807, 2.05) is 0 Å². The molecule has 0 bridgehead atoms. The van der Waals surface area contributed by atoms with E-state index in [1.54, 1.807) is 7.11 Å². The fourth-order valence-electron chi connectivity index (χ4n) is 2.32. The molecule has 5 nitrogen and oxygen atoms in total. The topological polar surface area (TPSA) is 68.4 Å². The van der Waals surface area contributed by atoms with Crippen LogP contribution in [0, 0.1) is 5.92 Å². The summed E-state index contributed by atoms with van der Waals surface area (Å²) in [5.74, 6) is 1.61. The summed E-state index contributed by atoms with van der Waals surface area (Å²) in [6, 6.07) is 0. The highest BCUT2D eigenvalue weighted by atomic mass is 16.5. The fourth-order valence-corrected chi connectivity index (χ4v) is 2.32. The SMILES string of the molecule is COCCc1noc(CC2CCCCC2O)n1. The Bertz CT molecular complexity index is 340. The highest BCUT2D eigenvalue weighted by Gasteiger charge is 2.25. The third-order valence-corrected chi connectivity index (χ3v) is 3.35. The monoisotopic (exact) mass is 240 g/mol. The van der Waals surface area contributed by atoms with E-state index in [0.717, 1.165) is 19.3 Å². The van der Waals surface area contributed by atoms with Crippen molar-refractivity contribution in [2.45, 2.75) is 44.6 Å². The minimum Gasteiger partial charge on any atom is -0.393 e. The molecule has 0 spiro atoms. The molecule has 1 aliphatic carbocycles. The van der Waals surface area contributed by atoms with Crippen molar-refractivity contribution in [1.29, 1.82) is 0 Å². The zero-order chi connectivity index (χ0) is 12.1. The molecule has 0 aliphatic heterocycles. The van der Waals surface area contributed by atoms with Gasteiger partial charge in [0.15, 0.2) is 5.82 Å². The number of ether oxygens (including phenoxy) is 1. The maximum Gasteiger partial charge on any atom is 0.227 e. The van der Waals surface area contributed by atoms with E-state index in [0.29, 0.717) is 31.2 Å². The van der Waals surface area contributed by atoms with Gasteiger partial charge in [0, 0.05) is 20.0 Å². The van der Waals surface area contributed by atoms with Crippen LogP contribution in [0.4, 0.5) is 0 Å². The first-order valence-corrected chi connectivity index (χ1v) is 6.28. The smallest absolute Gasteiger partial charge is 0.227 e. The quantitative estimate of drug-likeness (QED) is 0.841. The number of methoxy groups -OCH3 is 1. The van der Waals surface area contributed by atoms with Gasteiger partial charge in [0.25, 0.3) is 0 Å². The van der Waals surface area contributed by atoms with Gasteiger partial charge in [-0.15, -0.1) is 0 Å². The number of hydrogen-bond donors (Lipinski definition) is 1. The molecule has 1 aromatic rings. The maximum absolute atomic E-state index is 9.87. The number of nitrogens with zero attached hydrogens (tertiary/aromatic N) is 2. The summed E-state index contributed by atoms with van der Waals surface area (Å²) in [7, 11) is 1.65. The number of aliphatic hydroxyl groups excluding tert-OH is 1. The van der Waals surface area contributed by atoms with Crippen LogP contribution in [0.3, 0.4) is 0 Å². The highest BCUT2D eigenvalue weighted by Crippen LogP contribution is 2.26. The van der Waals surface area contributed by atoms with E-state index in [-0.39, 0.29) is 12.0 Å². The Morgan fingerprint density at radius 3 is 3.00 bits per heavy atom. The van der Waals surface area contributed by atoms with E-state index >= 15 is 0 Å². The Labute approximate surface area is 101 Å². The molecule has 17 heavy (non-hydrogen) atoms. The van der Waals surface area contributed by atoms with E-state index in [4.69, 9.17) is 9.26 Å². The van der Waals surface area contributed by atoms with Gasteiger partial charge in [-0.1, -0.05) is 18.0 Å². The number of rotatable bonds is 5. The summed E-state index contributed by atoms with van der Waals surface area (Å²) in [5, 5.41) is 13.8. The molecule has 96 valence electrons. The summed E-state index contributed by atoms with van der Waals surface area (Å²) in [6.45, 7) is 0.602. The minimum absolute atomic E-state index is 0.210. The Kier molecular flexibility index (Phi) is 4.50. The standard InChI is InChI=1S/C12H20N2O3/c1-16-7-6-11-13-12(17-14-11)8-9-4-2-3-5-10(9)15/h9-10,15H,2-8H2,1H3. The first-order chi connectivity index (χ1) is 8.29. The summed E-state index contributed by atoms with van der Waals surface area (Å²) in [5.41, 5.74) is 0. The van der Waals surface area contributed by atoms with Gasteiger partial charge in [-0.3, -0.25) is 0 Å². The van der Waals surface area contributed by atoms with Gasteiger partial charge in [0.05, 0.1) is 12.7 Å². The molecule has 1 fully saturated rings. The predicted octanol–water partition coefficient (Wildman–Crippen LogP) is 1.35. The second kappa shape index (κ2) is 6.12. The minimum atomic E-state index is -0.210. The fraction of sp³-hybridized carbons (Fsp3) is 0.833. The highest BCUT2D eigenvalue weighted by molar-refractivity contribution is 4.90. The Balaban J connectivity index is 1.87. The largest absolute Gasteiger partial charge is 0.393 e. The van der Waals surface area contributed by atoms with Crippen molar-refractivity contribution in [3.63, 3.8) is 0 Å². The third-order valence-electron chi connectivity index (χ3n) is 3.35. The third kappa shape index (κ3) is 3.51. The molecule has 0 amide bonds. The molecular formula is C12H20N2O3. The summed E-state index contributed by atoms with van der Waals surface area (Å²) in [6.07, 6.45) is 5.42. The van der Waals surface area contributed by atoms with Crippen LogP contribution >= 0.6 is 0 Å². The molecule has 1 N–H and O–H groups in total. The Hall–Kier alpha value is -0.940. The lowest BCUT2D eigenvalue weighted by molar-refractivity contribution is 0.0657. The molecule has 1 aromatic heterocycles. The van der Waals surface area contributed by atoms with Crippen LogP contribution in [-0.4, -0.2) is 35.1 Å². The lowest BCUT2D eigenvalue weighted by Gasteiger charge is -2.26. The van der Waals surface area contributed by atoms with Gasteiger partial charge in [-0.25, -0.2) is 0 Å². The van der Waals surface area contributed by atoms with Crippen LogP contribution in [-0.2, 0) is 17.6 Å². The van der Waals surface area contributed by atoms with Crippen molar-refractivity contribution in [2.24, 2.45) is 5.92 Å². The van der Waals surface area contributed by atoms with Gasteiger partial charge in [-0.05, 0) is 18.8 Å². The molecule has 5 heteroatoms. The van der Waals surface area contributed by atoms with Crippen LogP contribution in [0.2, 0.25) is 0 Å². The Morgan fingerprint density at radius 1 is 1.41 bits per heavy atom. The first kappa shape index (κ1) is 12.5. The van der Waals surface area contributed by atoms with Crippen LogP contribution in [0.15, 0.2) is 4.52 Å². The molecule has 0 saturated heterocycles. The summed E-state index contributed by atoms with van der Waals surface area (Å²) in [4.78, 5) is 4.31. The lowest BCUT2D eigenvalue weighted by atomic mass is 9.84. The van der Waals surface area contributed by atoms with Crippen molar-refractivity contribution >= 4 is 0 Å². The van der Waals surface area contributed by atoms with E-state index in [1.165, 1.54) is 6.42 Å². The number of hydrogen-bond acceptors (Lipinski definition) is 5. The second-order valence-corrected chi connectivity index (χ2v) is 4.66.